The van der Waals surface area contributed by atoms with Gasteiger partial charge in [0.25, 0.3) is 0 Å². The molecular formula is C32H36F3N2+. The van der Waals surface area contributed by atoms with Gasteiger partial charge < -0.3 is 0 Å². The Morgan fingerprint density at radius 3 is 2.22 bits per heavy atom. The van der Waals surface area contributed by atoms with Crippen molar-refractivity contribution < 1.29 is 17.9 Å². The van der Waals surface area contributed by atoms with Crippen LogP contribution in [0.25, 0.3) is 27.9 Å². The Hall–Kier alpha value is -3.08. The molecule has 0 fully saturated rings. The summed E-state index contributed by atoms with van der Waals surface area (Å²) in [5.41, 5.74) is 7.29. The Bertz CT molecular complexity index is 1450. The Morgan fingerprint density at radius 2 is 1.59 bits per heavy atom. The number of rotatable bonds is 6. The molecule has 0 amide bonds. The average molecular weight is 506 g/mol. The summed E-state index contributed by atoms with van der Waals surface area (Å²) in [5, 5.41) is 0. The summed E-state index contributed by atoms with van der Waals surface area (Å²) in [7, 11) is 0. The Kier molecular flexibility index (Phi) is 6.45. The van der Waals surface area contributed by atoms with Crippen molar-refractivity contribution in [2.75, 3.05) is 0 Å². The quantitative estimate of drug-likeness (QED) is 0.232. The molecule has 0 bridgehead atoms. The van der Waals surface area contributed by atoms with E-state index < -0.39 is 11.7 Å². The standard InChI is InChI=1S/C32H36F3N2/c1-6-9-10-23-11-13-24(14-12-23)26-17-27-28(18-29(26)32(33,34)35)31(7-2,8-3)20-37-30(27)16-25-15-21(4)22(5)19-36(25)37/h11-19H,6-10,20H2,1-5H3/q+1. The number of fused-ring (bicyclic) bond motifs is 5. The first-order chi connectivity index (χ1) is 17.6. The van der Waals surface area contributed by atoms with Crippen LogP contribution in [0.5, 0.6) is 0 Å². The van der Waals surface area contributed by atoms with E-state index in [4.69, 9.17) is 0 Å². The van der Waals surface area contributed by atoms with Crippen molar-refractivity contribution in [1.29, 1.82) is 0 Å². The molecule has 5 heteroatoms. The number of unbranched alkanes of at least 4 members (excludes halogenated alkanes) is 1. The van der Waals surface area contributed by atoms with E-state index >= 15 is 0 Å². The number of aryl methyl sites for hydroxylation is 3. The summed E-state index contributed by atoms with van der Waals surface area (Å²) in [5.74, 6) is 0. The number of hydrogen-bond acceptors (Lipinski definition) is 0. The van der Waals surface area contributed by atoms with Crippen LogP contribution in [0.2, 0.25) is 0 Å². The van der Waals surface area contributed by atoms with Gasteiger partial charge in [0, 0.05) is 6.07 Å². The van der Waals surface area contributed by atoms with Crippen LogP contribution in [-0.4, -0.2) is 4.52 Å². The molecule has 37 heavy (non-hydrogen) atoms. The molecule has 0 radical (unpaired) electrons. The molecule has 5 rings (SSSR count). The summed E-state index contributed by atoms with van der Waals surface area (Å²) in [6.07, 6.45) is 2.35. The molecule has 194 valence electrons. The van der Waals surface area contributed by atoms with Crippen LogP contribution in [0.3, 0.4) is 0 Å². The Morgan fingerprint density at radius 1 is 0.892 bits per heavy atom. The van der Waals surface area contributed by atoms with Gasteiger partial charge in [-0.05, 0) is 91.1 Å². The minimum absolute atomic E-state index is 0.255. The van der Waals surface area contributed by atoms with E-state index in [9.17, 15) is 13.2 Å². The van der Waals surface area contributed by atoms with E-state index in [1.54, 1.807) is 0 Å². The van der Waals surface area contributed by atoms with Crippen molar-refractivity contribution in [3.63, 3.8) is 0 Å². The molecule has 0 atom stereocenters. The van der Waals surface area contributed by atoms with E-state index in [0.717, 1.165) is 60.0 Å². The Balaban J connectivity index is 1.79. The van der Waals surface area contributed by atoms with Crippen LogP contribution in [-0.2, 0) is 24.6 Å². The molecule has 4 aromatic rings. The first-order valence-electron chi connectivity index (χ1n) is 13.5. The second-order valence-electron chi connectivity index (χ2n) is 10.7. The predicted molar refractivity (Wildman–Crippen MR) is 144 cm³/mol. The SMILES string of the molecule is CCCCc1ccc(-c2cc3c(cc2C(F)(F)F)C(CC)(CC)C[n+]2c-3cc3cc(C)c(C)cn32)cc1. The highest BCUT2D eigenvalue weighted by molar-refractivity contribution is 5.79. The van der Waals surface area contributed by atoms with E-state index in [0.29, 0.717) is 12.1 Å². The van der Waals surface area contributed by atoms with Crippen molar-refractivity contribution in [3.05, 3.63) is 82.5 Å². The molecular weight excluding hydrogens is 469 g/mol. The maximum absolute atomic E-state index is 14.6. The summed E-state index contributed by atoms with van der Waals surface area (Å²) in [6, 6.07) is 15.2. The highest BCUT2D eigenvalue weighted by Crippen LogP contribution is 2.48. The molecule has 0 aliphatic carbocycles. The largest absolute Gasteiger partial charge is 0.417 e. The maximum Gasteiger partial charge on any atom is 0.417 e. The summed E-state index contributed by atoms with van der Waals surface area (Å²) in [6.45, 7) is 11.2. The third-order valence-electron chi connectivity index (χ3n) is 8.59. The van der Waals surface area contributed by atoms with Crippen LogP contribution >= 0.6 is 0 Å². The van der Waals surface area contributed by atoms with Crippen molar-refractivity contribution in [1.82, 2.24) is 4.52 Å². The summed E-state index contributed by atoms with van der Waals surface area (Å²) >= 11 is 0. The van der Waals surface area contributed by atoms with Crippen LogP contribution in [0.1, 0.15) is 74.3 Å². The van der Waals surface area contributed by atoms with Crippen molar-refractivity contribution in [2.24, 2.45) is 0 Å². The van der Waals surface area contributed by atoms with Gasteiger partial charge in [0.1, 0.15) is 5.52 Å². The maximum atomic E-state index is 14.6. The third-order valence-corrected chi connectivity index (χ3v) is 8.59. The van der Waals surface area contributed by atoms with E-state index in [1.165, 1.54) is 17.2 Å². The number of halogens is 3. The topological polar surface area (TPSA) is 8.29 Å². The zero-order valence-electron chi connectivity index (χ0n) is 22.5. The number of benzene rings is 2. The van der Waals surface area contributed by atoms with Gasteiger partial charge in [0.15, 0.2) is 6.54 Å². The fourth-order valence-corrected chi connectivity index (χ4v) is 5.97. The highest BCUT2D eigenvalue weighted by Gasteiger charge is 2.46. The van der Waals surface area contributed by atoms with Gasteiger partial charge in [-0.15, -0.1) is 9.20 Å². The molecule has 0 N–H and O–H groups in total. The zero-order chi connectivity index (χ0) is 26.5. The number of nitrogens with zero attached hydrogens (tertiary/aromatic N) is 2. The normalized spacial score (nSPS) is 14.6. The summed E-state index contributed by atoms with van der Waals surface area (Å²) < 4.78 is 48.1. The lowest BCUT2D eigenvalue weighted by atomic mass is 9.70. The fraction of sp³-hybridized carbons (Fsp3) is 0.406. The van der Waals surface area contributed by atoms with Gasteiger partial charge in [-0.2, -0.15) is 13.2 Å². The lowest BCUT2D eigenvalue weighted by Crippen LogP contribution is -2.53. The van der Waals surface area contributed by atoms with Gasteiger partial charge in [-0.25, -0.2) is 0 Å². The first-order valence-corrected chi connectivity index (χ1v) is 13.5. The molecule has 1 aliphatic heterocycles. The second kappa shape index (κ2) is 9.34. The van der Waals surface area contributed by atoms with Gasteiger partial charge in [-0.3, -0.25) is 0 Å². The van der Waals surface area contributed by atoms with E-state index in [-0.39, 0.29) is 11.0 Å². The molecule has 0 saturated heterocycles. The zero-order valence-corrected chi connectivity index (χ0v) is 22.5. The molecule has 1 aliphatic rings. The van der Waals surface area contributed by atoms with Gasteiger partial charge >= 0.3 is 6.18 Å². The molecule has 2 aromatic heterocycles. The number of aromatic nitrogens is 2. The van der Waals surface area contributed by atoms with Crippen LogP contribution in [0, 0.1) is 13.8 Å². The predicted octanol–water partition coefficient (Wildman–Crippen LogP) is 8.61. The third kappa shape index (κ3) is 4.26. The van der Waals surface area contributed by atoms with Crippen LogP contribution in [0.4, 0.5) is 13.2 Å². The van der Waals surface area contributed by atoms with Gasteiger partial charge in [-0.1, -0.05) is 51.5 Å². The highest BCUT2D eigenvalue weighted by atomic mass is 19.4. The first kappa shape index (κ1) is 25.6. The molecule has 3 heterocycles. The molecule has 0 saturated carbocycles. The number of pyridine rings is 1. The second-order valence-corrected chi connectivity index (χ2v) is 10.7. The molecule has 0 unspecified atom stereocenters. The fourth-order valence-electron chi connectivity index (χ4n) is 5.97. The van der Waals surface area contributed by atoms with Crippen molar-refractivity contribution in [3.8, 4) is 22.4 Å². The lowest BCUT2D eigenvalue weighted by molar-refractivity contribution is -0.759. The smallest absolute Gasteiger partial charge is 0.166 e. The van der Waals surface area contributed by atoms with E-state index in [1.807, 2.05) is 30.3 Å². The average Bonchev–Trinajstić information content (AvgIpc) is 3.23. The monoisotopic (exact) mass is 505 g/mol. The Labute approximate surface area is 217 Å². The molecule has 2 aromatic carbocycles. The van der Waals surface area contributed by atoms with E-state index in [2.05, 4.69) is 62.1 Å². The minimum atomic E-state index is -4.44. The molecule has 0 spiro atoms. The van der Waals surface area contributed by atoms with Crippen LogP contribution in [0.15, 0.2) is 54.7 Å². The van der Waals surface area contributed by atoms with Crippen LogP contribution < -0.4 is 4.68 Å². The minimum Gasteiger partial charge on any atom is -0.166 e. The summed E-state index contributed by atoms with van der Waals surface area (Å²) in [4.78, 5) is 0. The van der Waals surface area contributed by atoms with Gasteiger partial charge in [0.2, 0.25) is 5.69 Å². The lowest BCUT2D eigenvalue weighted by Gasteiger charge is -2.34. The van der Waals surface area contributed by atoms with Crippen molar-refractivity contribution >= 4 is 5.52 Å². The van der Waals surface area contributed by atoms with Crippen molar-refractivity contribution in [2.45, 2.75) is 84.9 Å². The molecule has 2 nitrogen and oxygen atoms in total. The number of alkyl halides is 3. The number of hydrogen-bond donors (Lipinski definition) is 0. The van der Waals surface area contributed by atoms with Gasteiger partial charge in [0.05, 0.1) is 22.7 Å².